The Morgan fingerprint density at radius 3 is 2.67 bits per heavy atom. The Bertz CT molecular complexity index is 356. The maximum Gasteiger partial charge on any atom is 0.354 e. The van der Waals surface area contributed by atoms with Crippen molar-refractivity contribution >= 4 is 11.8 Å². The third-order valence-electron chi connectivity index (χ3n) is 1.77. The number of nitrogens with one attached hydrogen (secondary N) is 1. The first-order valence-corrected chi connectivity index (χ1v) is 4.83. The molecular weight excluding hydrogens is 192 g/mol. The minimum absolute atomic E-state index is 0.0638. The van der Waals surface area contributed by atoms with Gasteiger partial charge in [0.2, 0.25) is 0 Å². The average Bonchev–Trinajstić information content (AvgIpc) is 2.14. The first-order valence-electron chi connectivity index (χ1n) is 4.83. The van der Waals surface area contributed by atoms with E-state index in [1.165, 1.54) is 6.07 Å². The molecule has 0 saturated carbocycles. The van der Waals surface area contributed by atoms with Gasteiger partial charge in [-0.2, -0.15) is 0 Å². The van der Waals surface area contributed by atoms with Crippen molar-refractivity contribution in [2.75, 3.05) is 11.9 Å². The molecule has 0 radical (unpaired) electrons. The Morgan fingerprint density at radius 1 is 1.47 bits per heavy atom. The van der Waals surface area contributed by atoms with Crippen LogP contribution in [0.1, 0.15) is 31.3 Å². The van der Waals surface area contributed by atoms with Gasteiger partial charge in [-0.3, -0.25) is 0 Å². The lowest BCUT2D eigenvalue weighted by Crippen LogP contribution is -2.19. The summed E-state index contributed by atoms with van der Waals surface area (Å²) in [6.45, 7) is 7.05. The van der Waals surface area contributed by atoms with E-state index in [9.17, 15) is 4.79 Å². The maximum atomic E-state index is 10.7. The zero-order chi connectivity index (χ0) is 11.5. The quantitative estimate of drug-likeness (QED) is 0.799. The van der Waals surface area contributed by atoms with E-state index in [4.69, 9.17) is 5.11 Å². The van der Waals surface area contributed by atoms with Crippen LogP contribution >= 0.6 is 0 Å². The van der Waals surface area contributed by atoms with E-state index in [0.717, 1.165) is 6.54 Å². The highest BCUT2D eigenvalue weighted by atomic mass is 16.4. The van der Waals surface area contributed by atoms with Crippen LogP contribution in [-0.4, -0.2) is 22.6 Å². The molecule has 0 aliphatic heterocycles. The predicted octanol–water partition coefficient (Wildman–Crippen LogP) is 2.24. The van der Waals surface area contributed by atoms with Gasteiger partial charge in [-0.1, -0.05) is 26.8 Å². The van der Waals surface area contributed by atoms with Crippen molar-refractivity contribution in [3.05, 3.63) is 23.9 Å². The number of hydrogen-bond donors (Lipinski definition) is 2. The molecule has 0 spiro atoms. The second kappa shape index (κ2) is 4.29. The molecule has 4 nitrogen and oxygen atoms in total. The summed E-state index contributed by atoms with van der Waals surface area (Å²) >= 11 is 0. The van der Waals surface area contributed by atoms with Crippen molar-refractivity contribution in [1.82, 2.24) is 4.98 Å². The standard InChI is InChI=1S/C11H16N2O2/c1-11(2,3)7-12-9-6-4-5-8(13-9)10(14)15/h4-6H,7H2,1-3H3,(H,12,13)(H,14,15). The minimum Gasteiger partial charge on any atom is -0.477 e. The maximum absolute atomic E-state index is 10.7. The van der Waals surface area contributed by atoms with Crippen LogP contribution in [0.4, 0.5) is 5.82 Å². The van der Waals surface area contributed by atoms with Crippen LogP contribution in [0.5, 0.6) is 0 Å². The molecule has 1 aromatic rings. The number of nitrogens with zero attached hydrogens (tertiary/aromatic N) is 1. The van der Waals surface area contributed by atoms with Gasteiger partial charge in [-0.25, -0.2) is 9.78 Å². The molecule has 2 N–H and O–H groups in total. The summed E-state index contributed by atoms with van der Waals surface area (Å²) in [5.41, 5.74) is 0.204. The number of carboxylic acids is 1. The zero-order valence-electron chi connectivity index (χ0n) is 9.24. The monoisotopic (exact) mass is 208 g/mol. The SMILES string of the molecule is CC(C)(C)CNc1cccc(C(=O)O)n1. The molecule has 0 unspecified atom stereocenters. The van der Waals surface area contributed by atoms with Gasteiger partial charge in [-0.05, 0) is 17.5 Å². The van der Waals surface area contributed by atoms with E-state index in [1.54, 1.807) is 12.1 Å². The topological polar surface area (TPSA) is 62.2 Å². The molecule has 1 aromatic heterocycles. The number of anilines is 1. The fourth-order valence-corrected chi connectivity index (χ4v) is 1.01. The van der Waals surface area contributed by atoms with E-state index >= 15 is 0 Å². The molecule has 0 atom stereocenters. The molecule has 0 saturated heterocycles. The third kappa shape index (κ3) is 3.97. The molecular formula is C11H16N2O2. The van der Waals surface area contributed by atoms with Crippen LogP contribution in [0.15, 0.2) is 18.2 Å². The fraction of sp³-hybridized carbons (Fsp3) is 0.455. The molecule has 82 valence electrons. The van der Waals surface area contributed by atoms with Crippen LogP contribution < -0.4 is 5.32 Å². The molecule has 1 rings (SSSR count). The number of carbonyl (C=O) groups is 1. The number of carboxylic acid groups (broad SMARTS) is 1. The van der Waals surface area contributed by atoms with Crippen molar-refractivity contribution in [3.8, 4) is 0 Å². The Kier molecular flexibility index (Phi) is 3.29. The second-order valence-electron chi connectivity index (χ2n) is 4.63. The lowest BCUT2D eigenvalue weighted by atomic mass is 9.97. The molecule has 0 aliphatic rings. The van der Waals surface area contributed by atoms with Crippen LogP contribution in [0.3, 0.4) is 0 Å². The van der Waals surface area contributed by atoms with Gasteiger partial charge in [0.15, 0.2) is 5.69 Å². The van der Waals surface area contributed by atoms with E-state index in [2.05, 4.69) is 31.1 Å². The Hall–Kier alpha value is -1.58. The number of rotatable bonds is 3. The highest BCUT2D eigenvalue weighted by molar-refractivity contribution is 5.85. The van der Waals surface area contributed by atoms with Crippen LogP contribution in [0, 0.1) is 5.41 Å². The summed E-state index contributed by atoms with van der Waals surface area (Å²) in [5, 5.41) is 11.9. The summed E-state index contributed by atoms with van der Waals surface area (Å²) in [6, 6.07) is 4.92. The predicted molar refractivity (Wildman–Crippen MR) is 59.1 cm³/mol. The van der Waals surface area contributed by atoms with Gasteiger partial charge in [0.1, 0.15) is 5.82 Å². The van der Waals surface area contributed by atoms with E-state index in [-0.39, 0.29) is 11.1 Å². The highest BCUT2D eigenvalue weighted by Crippen LogP contribution is 2.14. The molecule has 0 aliphatic carbocycles. The first-order chi connectivity index (χ1) is 6.88. The number of pyridine rings is 1. The van der Waals surface area contributed by atoms with Gasteiger partial charge < -0.3 is 10.4 Å². The molecule has 0 aromatic carbocycles. The molecule has 0 amide bonds. The lowest BCUT2D eigenvalue weighted by molar-refractivity contribution is 0.0690. The van der Waals surface area contributed by atoms with Gasteiger partial charge in [0, 0.05) is 6.54 Å². The fourth-order valence-electron chi connectivity index (χ4n) is 1.01. The largest absolute Gasteiger partial charge is 0.477 e. The Morgan fingerprint density at radius 2 is 2.13 bits per heavy atom. The highest BCUT2D eigenvalue weighted by Gasteiger charge is 2.10. The van der Waals surface area contributed by atoms with Crippen molar-refractivity contribution in [3.63, 3.8) is 0 Å². The molecule has 1 heterocycles. The summed E-state index contributed by atoms with van der Waals surface area (Å²) in [7, 11) is 0. The lowest BCUT2D eigenvalue weighted by Gasteiger charge is -2.19. The summed E-state index contributed by atoms with van der Waals surface area (Å²) in [6.07, 6.45) is 0. The van der Waals surface area contributed by atoms with Crippen LogP contribution in [0.25, 0.3) is 0 Å². The van der Waals surface area contributed by atoms with Crippen molar-refractivity contribution in [2.24, 2.45) is 5.41 Å². The Labute approximate surface area is 89.3 Å². The summed E-state index contributed by atoms with van der Waals surface area (Å²) in [4.78, 5) is 14.6. The number of aromatic carboxylic acids is 1. The summed E-state index contributed by atoms with van der Waals surface area (Å²) in [5.74, 6) is -0.403. The van der Waals surface area contributed by atoms with Gasteiger partial charge in [0.25, 0.3) is 0 Å². The second-order valence-corrected chi connectivity index (χ2v) is 4.63. The van der Waals surface area contributed by atoms with E-state index < -0.39 is 5.97 Å². The van der Waals surface area contributed by atoms with Crippen molar-refractivity contribution < 1.29 is 9.90 Å². The van der Waals surface area contributed by atoms with E-state index in [0.29, 0.717) is 5.82 Å². The third-order valence-corrected chi connectivity index (χ3v) is 1.77. The van der Waals surface area contributed by atoms with Gasteiger partial charge >= 0.3 is 5.97 Å². The minimum atomic E-state index is -1.01. The van der Waals surface area contributed by atoms with Crippen molar-refractivity contribution in [2.45, 2.75) is 20.8 Å². The average molecular weight is 208 g/mol. The zero-order valence-corrected chi connectivity index (χ0v) is 9.24. The summed E-state index contributed by atoms with van der Waals surface area (Å²) < 4.78 is 0. The molecule has 15 heavy (non-hydrogen) atoms. The van der Waals surface area contributed by atoms with Crippen LogP contribution in [0.2, 0.25) is 0 Å². The first kappa shape index (κ1) is 11.5. The molecule has 0 bridgehead atoms. The smallest absolute Gasteiger partial charge is 0.354 e. The Balaban J connectivity index is 2.70. The number of hydrogen-bond acceptors (Lipinski definition) is 3. The van der Waals surface area contributed by atoms with Gasteiger partial charge in [-0.15, -0.1) is 0 Å². The van der Waals surface area contributed by atoms with Crippen molar-refractivity contribution in [1.29, 1.82) is 0 Å². The van der Waals surface area contributed by atoms with E-state index in [1.807, 2.05) is 0 Å². The van der Waals surface area contributed by atoms with Crippen LogP contribution in [-0.2, 0) is 0 Å². The normalized spacial score (nSPS) is 11.1. The van der Waals surface area contributed by atoms with Gasteiger partial charge in [0.05, 0.1) is 0 Å². The molecule has 4 heteroatoms. The molecule has 0 fully saturated rings. The number of aromatic nitrogens is 1.